The van der Waals surface area contributed by atoms with Gasteiger partial charge in [-0.1, -0.05) is 11.6 Å². The van der Waals surface area contributed by atoms with E-state index >= 15 is 0 Å². The maximum Gasteiger partial charge on any atom is 0.271 e. The molecule has 0 fully saturated rings. The van der Waals surface area contributed by atoms with Crippen LogP contribution in [-0.4, -0.2) is 22.0 Å². The second kappa shape index (κ2) is 7.11. The predicted molar refractivity (Wildman–Crippen MR) is 91.9 cm³/mol. The SMILES string of the molecule is CNCCc1ccc(S(=O)(=O)Nc2ccc(Br)c(Cl)c2)s1. The summed E-state index contributed by atoms with van der Waals surface area (Å²) in [7, 11) is -1.71. The third-order valence-electron chi connectivity index (χ3n) is 2.70. The lowest BCUT2D eigenvalue weighted by atomic mass is 10.3. The van der Waals surface area contributed by atoms with Gasteiger partial charge in [0.15, 0.2) is 0 Å². The molecule has 1 aromatic heterocycles. The number of anilines is 1. The van der Waals surface area contributed by atoms with E-state index in [-0.39, 0.29) is 0 Å². The van der Waals surface area contributed by atoms with Crippen LogP contribution in [0.4, 0.5) is 5.69 Å². The minimum absolute atomic E-state index is 0.299. The van der Waals surface area contributed by atoms with Crippen molar-refractivity contribution in [1.82, 2.24) is 5.32 Å². The molecule has 0 bridgehead atoms. The Morgan fingerprint density at radius 3 is 2.71 bits per heavy atom. The molecule has 0 atom stereocenters. The number of nitrogens with one attached hydrogen (secondary N) is 2. The van der Waals surface area contributed by atoms with Crippen molar-refractivity contribution in [2.24, 2.45) is 0 Å². The van der Waals surface area contributed by atoms with Gasteiger partial charge in [-0.25, -0.2) is 8.42 Å². The number of rotatable bonds is 6. The number of thiophene rings is 1. The molecular weight excluding hydrogens is 396 g/mol. The fourth-order valence-corrected chi connectivity index (χ4v) is 4.48. The Labute approximate surface area is 141 Å². The summed E-state index contributed by atoms with van der Waals surface area (Å²) in [5, 5.41) is 3.49. The van der Waals surface area contributed by atoms with Crippen molar-refractivity contribution in [3.05, 3.63) is 44.7 Å². The zero-order valence-electron chi connectivity index (χ0n) is 11.2. The summed E-state index contributed by atoms with van der Waals surface area (Å²) in [6, 6.07) is 8.39. The fraction of sp³-hybridized carbons (Fsp3) is 0.231. The largest absolute Gasteiger partial charge is 0.319 e. The highest BCUT2D eigenvalue weighted by atomic mass is 79.9. The fourth-order valence-electron chi connectivity index (χ4n) is 1.65. The molecule has 2 N–H and O–H groups in total. The average Bonchev–Trinajstić information content (AvgIpc) is 2.90. The van der Waals surface area contributed by atoms with Crippen molar-refractivity contribution in [3.8, 4) is 0 Å². The molecule has 1 heterocycles. The Kier molecular flexibility index (Phi) is 5.67. The quantitative estimate of drug-likeness (QED) is 0.764. The molecule has 0 aliphatic carbocycles. The molecule has 2 aromatic rings. The molecule has 0 aliphatic heterocycles. The Balaban J connectivity index is 2.17. The van der Waals surface area contributed by atoms with E-state index in [1.165, 1.54) is 11.3 Å². The highest BCUT2D eigenvalue weighted by Crippen LogP contribution is 2.28. The molecule has 0 saturated heterocycles. The summed E-state index contributed by atoms with van der Waals surface area (Å²) in [5.74, 6) is 0. The topological polar surface area (TPSA) is 58.2 Å². The smallest absolute Gasteiger partial charge is 0.271 e. The van der Waals surface area contributed by atoms with Gasteiger partial charge in [-0.15, -0.1) is 11.3 Å². The molecule has 0 saturated carbocycles. The zero-order chi connectivity index (χ0) is 15.5. The maximum absolute atomic E-state index is 12.3. The first kappa shape index (κ1) is 16.8. The standard InChI is InChI=1S/C13H14BrClN2O2S2/c1-16-7-6-10-3-5-13(20-10)21(18,19)17-9-2-4-11(14)12(15)8-9/h2-5,8,16-17H,6-7H2,1H3. The summed E-state index contributed by atoms with van der Waals surface area (Å²) >= 11 is 10.5. The van der Waals surface area contributed by atoms with Gasteiger partial charge in [0.2, 0.25) is 0 Å². The molecule has 21 heavy (non-hydrogen) atoms. The van der Waals surface area contributed by atoms with Crippen molar-refractivity contribution in [2.45, 2.75) is 10.6 Å². The van der Waals surface area contributed by atoms with Crippen LogP contribution in [0.5, 0.6) is 0 Å². The van der Waals surface area contributed by atoms with Crippen LogP contribution in [0.1, 0.15) is 4.88 Å². The first-order valence-corrected chi connectivity index (χ1v) is 9.60. The first-order valence-electron chi connectivity index (χ1n) is 6.13. The number of halogens is 2. The second-order valence-electron chi connectivity index (χ2n) is 4.31. The summed E-state index contributed by atoms with van der Waals surface area (Å²) in [4.78, 5) is 1.03. The molecule has 0 amide bonds. The van der Waals surface area contributed by atoms with Gasteiger partial charge in [0, 0.05) is 9.35 Å². The summed E-state index contributed by atoms with van der Waals surface area (Å²) in [6.07, 6.45) is 0.806. The highest BCUT2D eigenvalue weighted by Gasteiger charge is 2.17. The molecule has 8 heteroatoms. The van der Waals surface area contributed by atoms with Crippen LogP contribution in [0.3, 0.4) is 0 Å². The Bertz CT molecular complexity index is 732. The van der Waals surface area contributed by atoms with Gasteiger partial charge in [-0.3, -0.25) is 4.72 Å². The predicted octanol–water partition coefficient (Wildman–Crippen LogP) is 3.73. The molecule has 0 spiro atoms. The molecular formula is C13H14BrClN2O2S2. The number of hydrogen-bond acceptors (Lipinski definition) is 4. The minimum atomic E-state index is -3.57. The van der Waals surface area contributed by atoms with Crippen molar-refractivity contribution in [1.29, 1.82) is 0 Å². The third-order valence-corrected chi connectivity index (χ3v) is 6.95. The van der Waals surface area contributed by atoms with Gasteiger partial charge >= 0.3 is 0 Å². The van der Waals surface area contributed by atoms with Crippen LogP contribution in [0, 0.1) is 0 Å². The van der Waals surface area contributed by atoms with Gasteiger partial charge in [0.25, 0.3) is 10.0 Å². The van der Waals surface area contributed by atoms with Gasteiger partial charge < -0.3 is 5.32 Å². The van der Waals surface area contributed by atoms with E-state index in [1.807, 2.05) is 13.1 Å². The number of likely N-dealkylation sites (N-methyl/N-ethyl adjacent to an activating group) is 1. The molecule has 0 aliphatic rings. The normalized spacial score (nSPS) is 11.6. The molecule has 114 valence electrons. The number of benzene rings is 1. The first-order chi connectivity index (χ1) is 9.92. The molecule has 1 aromatic carbocycles. The van der Waals surface area contributed by atoms with Crippen LogP contribution in [0.15, 0.2) is 39.0 Å². The molecule has 0 radical (unpaired) electrons. The van der Waals surface area contributed by atoms with Gasteiger partial charge in [0.05, 0.1) is 10.7 Å². The van der Waals surface area contributed by atoms with Crippen LogP contribution >= 0.6 is 38.9 Å². The summed E-state index contributed by atoms with van der Waals surface area (Å²) < 4.78 is 28.2. The van der Waals surface area contributed by atoms with Gasteiger partial charge in [0.1, 0.15) is 4.21 Å². The van der Waals surface area contributed by atoms with E-state index < -0.39 is 10.0 Å². The highest BCUT2D eigenvalue weighted by molar-refractivity contribution is 9.10. The van der Waals surface area contributed by atoms with E-state index in [9.17, 15) is 8.42 Å². The van der Waals surface area contributed by atoms with E-state index in [4.69, 9.17) is 11.6 Å². The maximum atomic E-state index is 12.3. The van der Waals surface area contributed by atoms with Crippen molar-refractivity contribution in [2.75, 3.05) is 18.3 Å². The molecule has 4 nitrogen and oxygen atoms in total. The lowest BCUT2D eigenvalue weighted by Gasteiger charge is -2.07. The summed E-state index contributed by atoms with van der Waals surface area (Å²) in [6.45, 7) is 0.815. The van der Waals surface area contributed by atoms with Crippen LogP contribution < -0.4 is 10.0 Å². The zero-order valence-corrected chi connectivity index (χ0v) is 15.2. The minimum Gasteiger partial charge on any atom is -0.319 e. The molecule has 0 unspecified atom stereocenters. The Morgan fingerprint density at radius 1 is 1.29 bits per heavy atom. The van der Waals surface area contributed by atoms with Crippen molar-refractivity contribution < 1.29 is 8.42 Å². The van der Waals surface area contributed by atoms with Crippen LogP contribution in [0.2, 0.25) is 5.02 Å². The van der Waals surface area contributed by atoms with Gasteiger partial charge in [-0.2, -0.15) is 0 Å². The van der Waals surface area contributed by atoms with E-state index in [2.05, 4.69) is 26.0 Å². The Hall–Kier alpha value is -0.600. The lowest BCUT2D eigenvalue weighted by molar-refractivity contribution is 0.603. The summed E-state index contributed by atoms with van der Waals surface area (Å²) in [5.41, 5.74) is 0.438. The van der Waals surface area contributed by atoms with Crippen molar-refractivity contribution >= 4 is 54.6 Å². The van der Waals surface area contributed by atoms with Gasteiger partial charge in [-0.05, 0) is 66.3 Å². The third kappa shape index (κ3) is 4.43. The monoisotopic (exact) mass is 408 g/mol. The number of hydrogen-bond donors (Lipinski definition) is 2. The van der Waals surface area contributed by atoms with E-state index in [0.29, 0.717) is 14.9 Å². The Morgan fingerprint density at radius 2 is 2.05 bits per heavy atom. The van der Waals surface area contributed by atoms with E-state index in [0.717, 1.165) is 22.3 Å². The lowest BCUT2D eigenvalue weighted by Crippen LogP contribution is -2.11. The van der Waals surface area contributed by atoms with Crippen LogP contribution in [-0.2, 0) is 16.4 Å². The average molecular weight is 410 g/mol. The number of sulfonamides is 1. The van der Waals surface area contributed by atoms with Crippen LogP contribution in [0.25, 0.3) is 0 Å². The molecule has 2 rings (SSSR count). The second-order valence-corrected chi connectivity index (χ2v) is 8.65. The van der Waals surface area contributed by atoms with E-state index in [1.54, 1.807) is 24.3 Å². The van der Waals surface area contributed by atoms with Crippen molar-refractivity contribution in [3.63, 3.8) is 0 Å².